The molecular weight excluding hydrogens is 302 g/mol. The zero-order chi connectivity index (χ0) is 14.7. The zero-order valence-electron chi connectivity index (χ0n) is 12.7. The van der Waals surface area contributed by atoms with E-state index in [9.17, 15) is 9.90 Å². The van der Waals surface area contributed by atoms with Crippen LogP contribution in [0.25, 0.3) is 0 Å². The van der Waals surface area contributed by atoms with Crippen LogP contribution in [-0.2, 0) is 4.79 Å². The molecule has 1 amide bonds. The lowest BCUT2D eigenvalue weighted by atomic mass is 10.1. The average molecular weight is 326 g/mol. The van der Waals surface area contributed by atoms with E-state index in [2.05, 4.69) is 10.2 Å². The Morgan fingerprint density at radius 2 is 1.95 bits per heavy atom. The van der Waals surface area contributed by atoms with Gasteiger partial charge in [0.1, 0.15) is 5.75 Å². The van der Waals surface area contributed by atoms with E-state index in [1.54, 1.807) is 6.07 Å². The summed E-state index contributed by atoms with van der Waals surface area (Å²) in [5.74, 6) is 0.568. The van der Waals surface area contributed by atoms with Gasteiger partial charge < -0.3 is 20.2 Å². The molecule has 1 unspecified atom stereocenters. The number of para-hydroxylation sites is 2. The number of carbonyl (C=O) groups is 1. The summed E-state index contributed by atoms with van der Waals surface area (Å²) in [5, 5.41) is 13.3. The van der Waals surface area contributed by atoms with Gasteiger partial charge in [-0.25, -0.2) is 0 Å². The molecule has 1 aromatic carbocycles. The van der Waals surface area contributed by atoms with Gasteiger partial charge in [-0.05, 0) is 31.5 Å². The summed E-state index contributed by atoms with van der Waals surface area (Å²) in [5.41, 5.74) is 0.863. The molecule has 3 rings (SSSR count). The van der Waals surface area contributed by atoms with E-state index in [4.69, 9.17) is 0 Å². The SMILES string of the molecule is Cl.O=C(CC1CCCN1)N1CCN(c2ccccc2O)CC1. The summed E-state index contributed by atoms with van der Waals surface area (Å²) < 4.78 is 0. The number of hydrogen-bond acceptors (Lipinski definition) is 4. The first kappa shape index (κ1) is 16.9. The fourth-order valence-electron chi connectivity index (χ4n) is 3.20. The van der Waals surface area contributed by atoms with Crippen molar-refractivity contribution in [3.05, 3.63) is 24.3 Å². The Labute approximate surface area is 137 Å². The molecule has 0 aliphatic carbocycles. The number of nitrogens with one attached hydrogen (secondary N) is 1. The Bertz CT molecular complexity index is 498. The molecule has 0 radical (unpaired) electrons. The van der Waals surface area contributed by atoms with Crippen LogP contribution in [0.15, 0.2) is 24.3 Å². The van der Waals surface area contributed by atoms with Crippen molar-refractivity contribution in [1.29, 1.82) is 0 Å². The van der Waals surface area contributed by atoms with E-state index in [1.807, 2.05) is 23.1 Å². The number of nitrogens with zero attached hydrogens (tertiary/aromatic N) is 2. The maximum Gasteiger partial charge on any atom is 0.224 e. The molecule has 6 heteroatoms. The van der Waals surface area contributed by atoms with Crippen LogP contribution in [0.3, 0.4) is 0 Å². The smallest absolute Gasteiger partial charge is 0.224 e. The second-order valence-electron chi connectivity index (χ2n) is 5.85. The number of carbonyl (C=O) groups excluding carboxylic acids is 1. The van der Waals surface area contributed by atoms with Crippen molar-refractivity contribution >= 4 is 24.0 Å². The minimum absolute atomic E-state index is 0. The van der Waals surface area contributed by atoms with E-state index in [0.29, 0.717) is 18.2 Å². The minimum atomic E-state index is 0. The number of piperazine rings is 1. The third-order valence-electron chi connectivity index (χ3n) is 4.44. The number of aromatic hydroxyl groups is 1. The van der Waals surface area contributed by atoms with Gasteiger partial charge in [-0.1, -0.05) is 12.1 Å². The Hall–Kier alpha value is -1.46. The lowest BCUT2D eigenvalue weighted by Gasteiger charge is -2.36. The first-order valence-electron chi connectivity index (χ1n) is 7.78. The van der Waals surface area contributed by atoms with E-state index in [0.717, 1.165) is 44.8 Å². The summed E-state index contributed by atoms with van der Waals surface area (Å²) >= 11 is 0. The molecule has 2 heterocycles. The van der Waals surface area contributed by atoms with Crippen molar-refractivity contribution in [2.45, 2.75) is 25.3 Å². The number of benzene rings is 1. The fourth-order valence-corrected chi connectivity index (χ4v) is 3.20. The molecule has 5 nitrogen and oxygen atoms in total. The highest BCUT2D eigenvalue weighted by Gasteiger charge is 2.25. The van der Waals surface area contributed by atoms with E-state index < -0.39 is 0 Å². The second-order valence-corrected chi connectivity index (χ2v) is 5.85. The van der Waals surface area contributed by atoms with Crippen LogP contribution in [0.2, 0.25) is 0 Å². The monoisotopic (exact) mass is 325 g/mol. The van der Waals surface area contributed by atoms with Crippen LogP contribution in [0.5, 0.6) is 5.75 Å². The van der Waals surface area contributed by atoms with Gasteiger partial charge in [0.2, 0.25) is 5.91 Å². The van der Waals surface area contributed by atoms with Crippen LogP contribution in [0.1, 0.15) is 19.3 Å². The molecule has 0 spiro atoms. The van der Waals surface area contributed by atoms with Crippen molar-refractivity contribution in [3.8, 4) is 5.75 Å². The van der Waals surface area contributed by atoms with Gasteiger partial charge in [0.15, 0.2) is 0 Å². The summed E-state index contributed by atoms with van der Waals surface area (Å²) in [6.45, 7) is 4.07. The second kappa shape index (κ2) is 7.70. The van der Waals surface area contributed by atoms with Gasteiger partial charge in [-0.2, -0.15) is 0 Å². The summed E-state index contributed by atoms with van der Waals surface area (Å²) in [6, 6.07) is 7.76. The highest BCUT2D eigenvalue weighted by Crippen LogP contribution is 2.27. The van der Waals surface area contributed by atoms with Crippen LogP contribution >= 0.6 is 12.4 Å². The molecule has 0 bridgehead atoms. The normalized spacial score (nSPS) is 21.5. The third-order valence-corrected chi connectivity index (χ3v) is 4.44. The van der Waals surface area contributed by atoms with Crippen molar-refractivity contribution in [1.82, 2.24) is 10.2 Å². The third kappa shape index (κ3) is 3.84. The number of anilines is 1. The molecule has 2 fully saturated rings. The molecule has 2 aliphatic heterocycles. The highest BCUT2D eigenvalue weighted by molar-refractivity contribution is 5.85. The van der Waals surface area contributed by atoms with Crippen molar-refractivity contribution in [2.24, 2.45) is 0 Å². The summed E-state index contributed by atoms with van der Waals surface area (Å²) in [4.78, 5) is 16.4. The Balaban J connectivity index is 0.00000176. The van der Waals surface area contributed by atoms with Crippen molar-refractivity contribution in [3.63, 3.8) is 0 Å². The van der Waals surface area contributed by atoms with E-state index >= 15 is 0 Å². The predicted octanol–water partition coefficient (Wildman–Crippen LogP) is 1.60. The standard InChI is InChI=1S/C16H23N3O2.ClH/c20-15-6-2-1-5-14(15)18-8-10-19(11-9-18)16(21)12-13-4-3-7-17-13;/h1-2,5-6,13,17,20H,3-4,7-12H2;1H. The van der Waals surface area contributed by atoms with Crippen LogP contribution < -0.4 is 10.2 Å². The number of hydrogen-bond donors (Lipinski definition) is 2. The van der Waals surface area contributed by atoms with Gasteiger partial charge in [0, 0.05) is 38.6 Å². The highest BCUT2D eigenvalue weighted by atomic mass is 35.5. The quantitative estimate of drug-likeness (QED) is 0.886. The molecule has 22 heavy (non-hydrogen) atoms. The number of amides is 1. The van der Waals surface area contributed by atoms with E-state index in [1.165, 1.54) is 6.42 Å². The van der Waals surface area contributed by atoms with Crippen LogP contribution in [0, 0.1) is 0 Å². The maximum absolute atomic E-state index is 12.3. The fraction of sp³-hybridized carbons (Fsp3) is 0.562. The minimum Gasteiger partial charge on any atom is -0.506 e. The lowest BCUT2D eigenvalue weighted by molar-refractivity contribution is -0.131. The zero-order valence-corrected chi connectivity index (χ0v) is 13.5. The molecule has 0 saturated carbocycles. The Morgan fingerprint density at radius 1 is 1.23 bits per heavy atom. The number of phenolic OH excluding ortho intramolecular Hbond substituents is 1. The largest absolute Gasteiger partial charge is 0.506 e. The molecule has 2 aliphatic rings. The number of rotatable bonds is 3. The summed E-state index contributed by atoms with van der Waals surface area (Å²) in [7, 11) is 0. The molecule has 122 valence electrons. The molecular formula is C16H24ClN3O2. The van der Waals surface area contributed by atoms with Crippen molar-refractivity contribution < 1.29 is 9.90 Å². The molecule has 1 aromatic rings. The molecule has 0 aromatic heterocycles. The van der Waals surface area contributed by atoms with Crippen LogP contribution in [-0.4, -0.2) is 54.7 Å². The number of halogens is 1. The average Bonchev–Trinajstić information content (AvgIpc) is 3.01. The predicted molar refractivity (Wildman–Crippen MR) is 89.8 cm³/mol. The first-order chi connectivity index (χ1) is 10.2. The molecule has 1 atom stereocenters. The topological polar surface area (TPSA) is 55.8 Å². The van der Waals surface area contributed by atoms with Gasteiger partial charge >= 0.3 is 0 Å². The maximum atomic E-state index is 12.3. The van der Waals surface area contributed by atoms with Gasteiger partial charge in [-0.15, -0.1) is 12.4 Å². The van der Waals surface area contributed by atoms with Crippen molar-refractivity contribution in [2.75, 3.05) is 37.6 Å². The van der Waals surface area contributed by atoms with Gasteiger partial charge in [-0.3, -0.25) is 4.79 Å². The lowest BCUT2D eigenvalue weighted by Crippen LogP contribution is -2.49. The van der Waals surface area contributed by atoms with Gasteiger partial charge in [0.25, 0.3) is 0 Å². The number of phenols is 1. The van der Waals surface area contributed by atoms with E-state index in [-0.39, 0.29) is 18.3 Å². The first-order valence-corrected chi connectivity index (χ1v) is 7.78. The molecule has 2 N–H and O–H groups in total. The van der Waals surface area contributed by atoms with Gasteiger partial charge in [0.05, 0.1) is 5.69 Å². The summed E-state index contributed by atoms with van der Waals surface area (Å²) in [6.07, 6.45) is 2.92. The van der Waals surface area contributed by atoms with Crippen LogP contribution in [0.4, 0.5) is 5.69 Å². The Morgan fingerprint density at radius 3 is 2.59 bits per heavy atom. The molecule has 2 saturated heterocycles. The Kier molecular flexibility index (Phi) is 5.91.